The van der Waals surface area contributed by atoms with Crippen LogP contribution in [0.2, 0.25) is 0 Å². The normalized spacial score (nSPS) is 13.9. The molecule has 3 rings (SSSR count). The zero-order valence-electron chi connectivity index (χ0n) is 14.2. The van der Waals surface area contributed by atoms with E-state index < -0.39 is 5.97 Å². The van der Waals surface area contributed by atoms with Crippen LogP contribution in [-0.2, 0) is 14.3 Å². The van der Waals surface area contributed by atoms with Gasteiger partial charge in [0.1, 0.15) is 0 Å². The van der Waals surface area contributed by atoms with Gasteiger partial charge in [0.2, 0.25) is 0 Å². The van der Waals surface area contributed by atoms with Crippen LogP contribution >= 0.6 is 0 Å². The molecule has 0 aliphatic carbocycles. The van der Waals surface area contributed by atoms with Crippen molar-refractivity contribution >= 4 is 17.7 Å². The predicted octanol–water partition coefficient (Wildman–Crippen LogP) is 1.93. The van der Waals surface area contributed by atoms with E-state index in [0.29, 0.717) is 43.0 Å². The quantitative estimate of drug-likeness (QED) is 0.607. The van der Waals surface area contributed by atoms with Crippen molar-refractivity contribution < 1.29 is 23.9 Å². The highest BCUT2D eigenvalue weighted by Crippen LogP contribution is 2.12. The Morgan fingerprint density at radius 3 is 2.08 bits per heavy atom. The smallest absolute Gasteiger partial charge is 0.338 e. The summed E-state index contributed by atoms with van der Waals surface area (Å²) < 4.78 is 10.3. The van der Waals surface area contributed by atoms with E-state index in [2.05, 4.69) is 0 Å². The summed E-state index contributed by atoms with van der Waals surface area (Å²) in [6, 6.07) is 15.1. The third-order valence-electron chi connectivity index (χ3n) is 4.11. The predicted molar refractivity (Wildman–Crippen MR) is 94.0 cm³/mol. The minimum atomic E-state index is -0.592. The first-order valence-corrected chi connectivity index (χ1v) is 8.37. The molecule has 0 spiro atoms. The fourth-order valence-corrected chi connectivity index (χ4v) is 2.63. The highest BCUT2D eigenvalue weighted by atomic mass is 16.5. The number of nitrogens with zero attached hydrogens (tertiary/aromatic N) is 1. The maximum atomic E-state index is 12.3. The van der Waals surface area contributed by atoms with Crippen LogP contribution in [0.3, 0.4) is 0 Å². The minimum Gasteiger partial charge on any atom is -0.452 e. The number of hydrogen-bond donors (Lipinski definition) is 0. The van der Waals surface area contributed by atoms with Crippen molar-refractivity contribution in [3.63, 3.8) is 0 Å². The summed E-state index contributed by atoms with van der Waals surface area (Å²) in [6.07, 6.45) is 0. The Bertz CT molecular complexity index is 780. The van der Waals surface area contributed by atoms with Gasteiger partial charge in [-0.1, -0.05) is 42.5 Å². The largest absolute Gasteiger partial charge is 0.452 e. The number of carbonyl (C=O) groups excluding carboxylic acids is 3. The van der Waals surface area contributed by atoms with Gasteiger partial charge in [0.05, 0.1) is 18.8 Å². The molecule has 26 heavy (non-hydrogen) atoms. The van der Waals surface area contributed by atoms with Crippen LogP contribution in [-0.4, -0.2) is 55.5 Å². The van der Waals surface area contributed by atoms with Crippen LogP contribution in [0.15, 0.2) is 54.6 Å². The Kier molecular flexibility index (Phi) is 5.76. The van der Waals surface area contributed by atoms with Gasteiger partial charge in [-0.25, -0.2) is 4.79 Å². The lowest BCUT2D eigenvalue weighted by atomic mass is 10.0. The molecule has 0 unspecified atom stereocenters. The number of benzene rings is 2. The molecule has 1 aliphatic heterocycles. The molecule has 0 bridgehead atoms. The second-order valence-corrected chi connectivity index (χ2v) is 5.84. The Labute approximate surface area is 151 Å². The molecule has 2 aromatic rings. The van der Waals surface area contributed by atoms with Crippen molar-refractivity contribution in [1.29, 1.82) is 0 Å². The van der Waals surface area contributed by atoms with Gasteiger partial charge in [-0.3, -0.25) is 9.59 Å². The number of carbonyl (C=O) groups is 3. The first-order chi connectivity index (χ1) is 12.6. The number of ether oxygens (including phenoxy) is 2. The van der Waals surface area contributed by atoms with Gasteiger partial charge in [-0.05, 0) is 12.1 Å². The van der Waals surface area contributed by atoms with E-state index >= 15 is 0 Å². The van der Waals surface area contributed by atoms with Gasteiger partial charge in [0.15, 0.2) is 12.4 Å². The van der Waals surface area contributed by atoms with E-state index in [1.807, 2.05) is 6.07 Å². The second kappa shape index (κ2) is 8.40. The summed E-state index contributed by atoms with van der Waals surface area (Å²) in [6.45, 7) is 1.70. The second-order valence-electron chi connectivity index (χ2n) is 5.84. The van der Waals surface area contributed by atoms with Crippen LogP contribution in [0.5, 0.6) is 0 Å². The van der Waals surface area contributed by atoms with Crippen LogP contribution in [0, 0.1) is 0 Å². The SMILES string of the molecule is O=C(OCC(=O)N1CCOCC1)c1ccc(C(=O)c2ccccc2)cc1. The summed E-state index contributed by atoms with van der Waals surface area (Å²) in [5.41, 5.74) is 1.36. The Morgan fingerprint density at radius 1 is 0.846 bits per heavy atom. The van der Waals surface area contributed by atoms with Gasteiger partial charge in [-0.15, -0.1) is 0 Å². The van der Waals surface area contributed by atoms with Gasteiger partial charge in [0, 0.05) is 24.2 Å². The molecular formula is C20H19NO5. The molecule has 0 radical (unpaired) electrons. The third-order valence-corrected chi connectivity index (χ3v) is 4.11. The molecule has 0 saturated carbocycles. The fraction of sp³-hybridized carbons (Fsp3) is 0.250. The van der Waals surface area contributed by atoms with E-state index in [1.165, 1.54) is 12.1 Å². The lowest BCUT2D eigenvalue weighted by Crippen LogP contribution is -2.42. The molecular weight excluding hydrogens is 334 g/mol. The lowest BCUT2D eigenvalue weighted by molar-refractivity contribution is -0.138. The summed E-state index contributed by atoms with van der Waals surface area (Å²) in [4.78, 5) is 38.0. The number of ketones is 1. The van der Waals surface area contributed by atoms with E-state index in [0.717, 1.165) is 0 Å². The number of rotatable bonds is 5. The van der Waals surface area contributed by atoms with Crippen LogP contribution in [0.25, 0.3) is 0 Å². The molecule has 1 saturated heterocycles. The van der Waals surface area contributed by atoms with E-state index in [9.17, 15) is 14.4 Å². The molecule has 1 heterocycles. The topological polar surface area (TPSA) is 72.9 Å². The standard InChI is InChI=1S/C20H19NO5/c22-18(21-10-12-25-13-11-21)14-26-20(24)17-8-6-16(7-9-17)19(23)15-4-2-1-3-5-15/h1-9H,10-14H2. The fourth-order valence-electron chi connectivity index (χ4n) is 2.63. The molecule has 2 aromatic carbocycles. The van der Waals surface area contributed by atoms with Crippen molar-refractivity contribution in [2.75, 3.05) is 32.9 Å². The van der Waals surface area contributed by atoms with Gasteiger partial charge in [0.25, 0.3) is 5.91 Å². The maximum absolute atomic E-state index is 12.3. The summed E-state index contributed by atoms with van der Waals surface area (Å²) in [5.74, 6) is -0.948. The minimum absolute atomic E-state index is 0.118. The first-order valence-electron chi connectivity index (χ1n) is 8.37. The van der Waals surface area contributed by atoms with Gasteiger partial charge < -0.3 is 14.4 Å². The number of hydrogen-bond acceptors (Lipinski definition) is 5. The molecule has 0 N–H and O–H groups in total. The molecule has 0 aromatic heterocycles. The van der Waals surface area contributed by atoms with E-state index in [-0.39, 0.29) is 18.3 Å². The summed E-state index contributed by atoms with van der Waals surface area (Å²) >= 11 is 0. The first kappa shape index (κ1) is 17.8. The Balaban J connectivity index is 1.57. The maximum Gasteiger partial charge on any atom is 0.338 e. The van der Waals surface area contributed by atoms with Gasteiger partial charge in [-0.2, -0.15) is 0 Å². The molecule has 134 valence electrons. The average Bonchev–Trinajstić information content (AvgIpc) is 2.72. The van der Waals surface area contributed by atoms with Crippen LogP contribution in [0.1, 0.15) is 26.3 Å². The third kappa shape index (κ3) is 4.34. The van der Waals surface area contributed by atoms with Gasteiger partial charge >= 0.3 is 5.97 Å². The molecule has 1 aliphatic rings. The van der Waals surface area contributed by atoms with Crippen molar-refractivity contribution in [2.24, 2.45) is 0 Å². The Morgan fingerprint density at radius 2 is 1.42 bits per heavy atom. The average molecular weight is 353 g/mol. The van der Waals surface area contributed by atoms with Crippen molar-refractivity contribution in [2.45, 2.75) is 0 Å². The molecule has 6 heteroatoms. The number of morpholine rings is 1. The molecule has 1 fully saturated rings. The van der Waals surface area contributed by atoms with Crippen molar-refractivity contribution in [3.8, 4) is 0 Å². The highest BCUT2D eigenvalue weighted by Gasteiger charge is 2.19. The van der Waals surface area contributed by atoms with Crippen LogP contribution in [0.4, 0.5) is 0 Å². The molecule has 0 atom stereocenters. The monoisotopic (exact) mass is 353 g/mol. The summed E-state index contributed by atoms with van der Waals surface area (Å²) in [5, 5.41) is 0. The zero-order chi connectivity index (χ0) is 18.4. The van der Waals surface area contributed by atoms with Crippen molar-refractivity contribution in [3.05, 3.63) is 71.3 Å². The van der Waals surface area contributed by atoms with Crippen LogP contribution < -0.4 is 0 Å². The lowest BCUT2D eigenvalue weighted by Gasteiger charge is -2.26. The number of amides is 1. The van der Waals surface area contributed by atoms with E-state index in [4.69, 9.17) is 9.47 Å². The van der Waals surface area contributed by atoms with Crippen molar-refractivity contribution in [1.82, 2.24) is 4.90 Å². The number of esters is 1. The summed E-state index contributed by atoms with van der Waals surface area (Å²) in [7, 11) is 0. The zero-order valence-corrected chi connectivity index (χ0v) is 14.2. The molecule has 6 nitrogen and oxygen atoms in total. The van der Waals surface area contributed by atoms with E-state index in [1.54, 1.807) is 41.3 Å². The highest BCUT2D eigenvalue weighted by molar-refractivity contribution is 6.09. The molecule has 1 amide bonds. The Hall–Kier alpha value is -2.99.